The van der Waals surface area contributed by atoms with Crippen LogP contribution in [0, 0.1) is 0 Å². The summed E-state index contributed by atoms with van der Waals surface area (Å²) in [5.41, 5.74) is 2.22. The highest BCUT2D eigenvalue weighted by atomic mass is 16.5. The zero-order valence-electron chi connectivity index (χ0n) is 17.2. The van der Waals surface area contributed by atoms with Gasteiger partial charge < -0.3 is 15.0 Å². The van der Waals surface area contributed by atoms with Crippen LogP contribution in [0.2, 0.25) is 0 Å². The van der Waals surface area contributed by atoms with Gasteiger partial charge in [0, 0.05) is 18.8 Å². The van der Waals surface area contributed by atoms with Gasteiger partial charge in [-0.1, -0.05) is 60.7 Å². The lowest BCUT2D eigenvalue weighted by Gasteiger charge is -2.25. The number of amides is 2. The number of nitrogens with one attached hydrogen (secondary N) is 1. The first-order chi connectivity index (χ1) is 14.6. The van der Waals surface area contributed by atoms with Gasteiger partial charge in [-0.05, 0) is 43.7 Å². The Hall–Kier alpha value is -3.60. The molecule has 0 saturated heterocycles. The van der Waals surface area contributed by atoms with E-state index in [9.17, 15) is 9.59 Å². The maximum absolute atomic E-state index is 13.0. The maximum Gasteiger partial charge on any atom is 0.267 e. The number of nitrogens with zero attached hydrogens (tertiary/aromatic N) is 1. The van der Waals surface area contributed by atoms with Crippen LogP contribution in [0.3, 0.4) is 0 Å². The molecule has 2 amide bonds. The van der Waals surface area contributed by atoms with E-state index >= 15 is 0 Å². The van der Waals surface area contributed by atoms with Crippen molar-refractivity contribution < 1.29 is 14.3 Å². The lowest BCUT2D eigenvalue weighted by Crippen LogP contribution is -2.40. The summed E-state index contributed by atoms with van der Waals surface area (Å²) in [4.78, 5) is 27.4. The maximum atomic E-state index is 13.0. The lowest BCUT2D eigenvalue weighted by atomic mass is 10.1. The van der Waals surface area contributed by atoms with Crippen LogP contribution >= 0.6 is 0 Å². The predicted octanol–water partition coefficient (Wildman–Crippen LogP) is 4.44. The zero-order chi connectivity index (χ0) is 21.3. The Balaban J connectivity index is 1.70. The average Bonchev–Trinajstić information content (AvgIpc) is 2.79. The number of hydrogen-bond donors (Lipinski definition) is 1. The molecule has 0 fully saturated rings. The Morgan fingerprint density at radius 3 is 2.17 bits per heavy atom. The van der Waals surface area contributed by atoms with Crippen LogP contribution in [0.4, 0.5) is 5.69 Å². The molecule has 0 aliphatic heterocycles. The highest BCUT2D eigenvalue weighted by Gasteiger charge is 2.24. The number of carbonyl (C=O) groups is 2. The van der Waals surface area contributed by atoms with Crippen LogP contribution in [0.25, 0.3) is 0 Å². The number of likely N-dealkylation sites (N-methyl/N-ethyl adjacent to an activating group) is 1. The van der Waals surface area contributed by atoms with E-state index in [0.717, 1.165) is 11.3 Å². The number of ether oxygens (including phenoxy) is 1. The van der Waals surface area contributed by atoms with Crippen LogP contribution in [-0.4, -0.2) is 24.5 Å². The van der Waals surface area contributed by atoms with E-state index in [0.29, 0.717) is 24.4 Å². The van der Waals surface area contributed by atoms with Crippen LogP contribution in [0.1, 0.15) is 29.8 Å². The van der Waals surface area contributed by atoms with Gasteiger partial charge in [0.25, 0.3) is 11.8 Å². The molecule has 0 aliphatic rings. The molecule has 30 heavy (non-hydrogen) atoms. The molecule has 3 aromatic rings. The molecule has 1 atom stereocenters. The smallest absolute Gasteiger partial charge is 0.267 e. The van der Waals surface area contributed by atoms with Crippen LogP contribution in [0.15, 0.2) is 84.9 Å². The third-order valence-electron chi connectivity index (χ3n) is 4.73. The van der Waals surface area contributed by atoms with Crippen molar-refractivity contribution in [1.29, 1.82) is 0 Å². The van der Waals surface area contributed by atoms with Crippen molar-refractivity contribution in [3.05, 3.63) is 96.1 Å². The van der Waals surface area contributed by atoms with Gasteiger partial charge in [-0.25, -0.2) is 0 Å². The Bertz CT molecular complexity index is 974. The number of anilines is 1. The van der Waals surface area contributed by atoms with Gasteiger partial charge in [-0.3, -0.25) is 9.59 Å². The summed E-state index contributed by atoms with van der Waals surface area (Å²) in [6.45, 7) is 4.56. The quantitative estimate of drug-likeness (QED) is 0.606. The highest BCUT2D eigenvalue weighted by Crippen LogP contribution is 2.21. The third kappa shape index (κ3) is 5.26. The molecular formula is C25H26N2O3. The van der Waals surface area contributed by atoms with Gasteiger partial charge in [-0.2, -0.15) is 0 Å². The van der Waals surface area contributed by atoms with Crippen molar-refractivity contribution >= 4 is 17.5 Å². The van der Waals surface area contributed by atoms with Crippen molar-refractivity contribution in [3.63, 3.8) is 0 Å². The first-order valence-corrected chi connectivity index (χ1v) is 10.0. The number of rotatable bonds is 8. The molecule has 0 bridgehead atoms. The summed E-state index contributed by atoms with van der Waals surface area (Å²) in [5, 5.41) is 2.90. The monoisotopic (exact) mass is 402 g/mol. The topological polar surface area (TPSA) is 58.6 Å². The van der Waals surface area contributed by atoms with Gasteiger partial charge in [0.1, 0.15) is 5.75 Å². The standard InChI is InChI=1S/C25H26N2O3/c1-3-27(21-14-8-5-9-15-21)25(29)19(2)30-23-17-11-10-16-22(23)24(28)26-18-20-12-6-4-7-13-20/h4-17,19H,3,18H2,1-2H3,(H,26,28)/t19-/m0/s1. The summed E-state index contributed by atoms with van der Waals surface area (Å²) in [7, 11) is 0. The van der Waals surface area contributed by atoms with Crippen LogP contribution in [-0.2, 0) is 11.3 Å². The first kappa shape index (κ1) is 21.1. The Morgan fingerprint density at radius 1 is 0.900 bits per heavy atom. The molecule has 3 rings (SSSR count). The van der Waals surface area contributed by atoms with E-state index in [4.69, 9.17) is 4.74 Å². The molecule has 5 heteroatoms. The molecule has 0 saturated carbocycles. The van der Waals surface area contributed by atoms with Crippen LogP contribution < -0.4 is 15.0 Å². The van der Waals surface area contributed by atoms with E-state index in [2.05, 4.69) is 5.32 Å². The third-order valence-corrected chi connectivity index (χ3v) is 4.73. The highest BCUT2D eigenvalue weighted by molar-refractivity contribution is 5.98. The van der Waals surface area contributed by atoms with Gasteiger partial charge >= 0.3 is 0 Å². The number of hydrogen-bond acceptors (Lipinski definition) is 3. The van der Waals surface area contributed by atoms with Gasteiger partial charge in [0.2, 0.25) is 0 Å². The zero-order valence-corrected chi connectivity index (χ0v) is 17.2. The Kier molecular flexibility index (Phi) is 7.22. The van der Waals surface area contributed by atoms with Gasteiger partial charge in [0.05, 0.1) is 5.56 Å². The van der Waals surface area contributed by atoms with E-state index in [-0.39, 0.29) is 11.8 Å². The lowest BCUT2D eigenvalue weighted by molar-refractivity contribution is -0.124. The molecule has 1 N–H and O–H groups in total. The minimum atomic E-state index is -0.742. The first-order valence-electron chi connectivity index (χ1n) is 10.0. The minimum absolute atomic E-state index is 0.164. The second-order valence-electron chi connectivity index (χ2n) is 6.84. The fraction of sp³-hybridized carbons (Fsp3) is 0.200. The molecular weight excluding hydrogens is 376 g/mol. The normalized spacial score (nSPS) is 11.4. The Morgan fingerprint density at radius 2 is 1.50 bits per heavy atom. The second-order valence-corrected chi connectivity index (χ2v) is 6.84. The molecule has 0 heterocycles. The van der Waals surface area contributed by atoms with E-state index in [1.807, 2.05) is 67.6 Å². The largest absolute Gasteiger partial charge is 0.480 e. The van der Waals surface area contributed by atoms with E-state index < -0.39 is 6.10 Å². The fourth-order valence-corrected chi connectivity index (χ4v) is 3.16. The molecule has 0 spiro atoms. The summed E-state index contributed by atoms with van der Waals surface area (Å²) < 4.78 is 5.93. The summed E-state index contributed by atoms with van der Waals surface area (Å²) >= 11 is 0. The molecule has 3 aromatic carbocycles. The van der Waals surface area contributed by atoms with Gasteiger partial charge in [0.15, 0.2) is 6.10 Å². The molecule has 0 radical (unpaired) electrons. The SMILES string of the molecule is CCN(C(=O)[C@H](C)Oc1ccccc1C(=O)NCc1ccccc1)c1ccccc1. The average molecular weight is 402 g/mol. The minimum Gasteiger partial charge on any atom is -0.480 e. The number of para-hydroxylation sites is 2. The van der Waals surface area contributed by atoms with E-state index in [1.54, 1.807) is 36.1 Å². The molecule has 5 nitrogen and oxygen atoms in total. The number of carbonyl (C=O) groups excluding carboxylic acids is 2. The fourth-order valence-electron chi connectivity index (χ4n) is 3.16. The summed E-state index contributed by atoms with van der Waals surface area (Å²) in [6.07, 6.45) is -0.742. The molecule has 0 aromatic heterocycles. The second kappa shape index (κ2) is 10.3. The van der Waals surface area contributed by atoms with Crippen molar-refractivity contribution in [2.75, 3.05) is 11.4 Å². The predicted molar refractivity (Wildman–Crippen MR) is 119 cm³/mol. The molecule has 0 aliphatic carbocycles. The van der Waals surface area contributed by atoms with Gasteiger partial charge in [-0.15, -0.1) is 0 Å². The van der Waals surface area contributed by atoms with Crippen molar-refractivity contribution in [1.82, 2.24) is 5.32 Å². The number of benzene rings is 3. The van der Waals surface area contributed by atoms with Crippen molar-refractivity contribution in [2.24, 2.45) is 0 Å². The van der Waals surface area contributed by atoms with E-state index in [1.165, 1.54) is 0 Å². The van der Waals surface area contributed by atoms with Crippen LogP contribution in [0.5, 0.6) is 5.75 Å². The molecule has 0 unspecified atom stereocenters. The van der Waals surface area contributed by atoms with Crippen molar-refractivity contribution in [2.45, 2.75) is 26.5 Å². The summed E-state index contributed by atoms with van der Waals surface area (Å²) in [6, 6.07) is 26.1. The molecule has 154 valence electrons. The summed E-state index contributed by atoms with van der Waals surface area (Å²) in [5.74, 6) is -0.0271. The van der Waals surface area contributed by atoms with Crippen molar-refractivity contribution in [3.8, 4) is 5.75 Å². The Labute approximate surface area is 177 Å².